The molecule has 0 radical (unpaired) electrons. The molecule has 0 heterocycles. The lowest BCUT2D eigenvalue weighted by Crippen LogP contribution is -2.30. The van der Waals surface area contributed by atoms with Crippen molar-refractivity contribution in [1.29, 1.82) is 0 Å². The SMILES string of the molecule is CC(=O)Nc1ccc(NC2CCC(C)C(C)C2)cc1Cl. The Bertz CT molecular complexity index is 489. The summed E-state index contributed by atoms with van der Waals surface area (Å²) in [6.07, 6.45) is 3.68. The van der Waals surface area contributed by atoms with Crippen molar-refractivity contribution in [2.75, 3.05) is 10.6 Å². The molecule has 0 saturated heterocycles. The Balaban J connectivity index is 2.00. The molecule has 2 N–H and O–H groups in total. The third-order valence-corrected chi connectivity index (χ3v) is 4.56. The topological polar surface area (TPSA) is 41.1 Å². The van der Waals surface area contributed by atoms with Gasteiger partial charge in [0.25, 0.3) is 0 Å². The van der Waals surface area contributed by atoms with Crippen LogP contribution in [0.1, 0.15) is 40.0 Å². The van der Waals surface area contributed by atoms with Crippen LogP contribution in [0.15, 0.2) is 18.2 Å². The molecule has 0 spiro atoms. The Morgan fingerprint density at radius 3 is 2.60 bits per heavy atom. The van der Waals surface area contributed by atoms with Crippen molar-refractivity contribution < 1.29 is 4.79 Å². The van der Waals surface area contributed by atoms with E-state index in [9.17, 15) is 4.79 Å². The fourth-order valence-electron chi connectivity index (χ4n) is 2.81. The van der Waals surface area contributed by atoms with Crippen molar-refractivity contribution in [2.45, 2.75) is 46.1 Å². The van der Waals surface area contributed by atoms with Crippen LogP contribution in [0.3, 0.4) is 0 Å². The molecule has 3 unspecified atom stereocenters. The second-order valence-electron chi connectivity index (χ2n) is 5.98. The summed E-state index contributed by atoms with van der Waals surface area (Å²) in [5, 5.41) is 6.85. The largest absolute Gasteiger partial charge is 0.382 e. The Morgan fingerprint density at radius 1 is 1.25 bits per heavy atom. The van der Waals surface area contributed by atoms with E-state index in [1.54, 1.807) is 0 Å². The summed E-state index contributed by atoms with van der Waals surface area (Å²) >= 11 is 6.19. The van der Waals surface area contributed by atoms with Crippen molar-refractivity contribution >= 4 is 28.9 Å². The molecule has 4 heteroatoms. The molecule has 1 aromatic rings. The number of halogens is 1. The number of benzene rings is 1. The maximum absolute atomic E-state index is 11.0. The number of amides is 1. The number of carbonyl (C=O) groups excluding carboxylic acids is 1. The highest BCUT2D eigenvalue weighted by Crippen LogP contribution is 2.32. The van der Waals surface area contributed by atoms with Gasteiger partial charge in [-0.25, -0.2) is 0 Å². The Kier molecular flexibility index (Phi) is 4.92. The Labute approximate surface area is 126 Å². The summed E-state index contributed by atoms with van der Waals surface area (Å²) in [5.74, 6) is 1.47. The lowest BCUT2D eigenvalue weighted by atomic mass is 9.79. The third-order valence-electron chi connectivity index (χ3n) is 4.25. The van der Waals surface area contributed by atoms with E-state index >= 15 is 0 Å². The van der Waals surface area contributed by atoms with Crippen LogP contribution in [-0.2, 0) is 4.79 Å². The minimum atomic E-state index is -0.109. The van der Waals surface area contributed by atoms with E-state index < -0.39 is 0 Å². The monoisotopic (exact) mass is 294 g/mol. The molecule has 0 bridgehead atoms. The van der Waals surface area contributed by atoms with Crippen molar-refractivity contribution in [2.24, 2.45) is 11.8 Å². The van der Waals surface area contributed by atoms with Crippen molar-refractivity contribution in [1.82, 2.24) is 0 Å². The van der Waals surface area contributed by atoms with Gasteiger partial charge in [0.15, 0.2) is 0 Å². The van der Waals surface area contributed by atoms with Gasteiger partial charge in [0, 0.05) is 18.7 Å². The molecule has 1 aliphatic rings. The first-order chi connectivity index (χ1) is 9.45. The highest BCUT2D eigenvalue weighted by Gasteiger charge is 2.24. The second-order valence-corrected chi connectivity index (χ2v) is 6.39. The zero-order valence-electron chi connectivity index (χ0n) is 12.4. The molecule has 1 fully saturated rings. The number of nitrogens with one attached hydrogen (secondary N) is 2. The standard InChI is InChI=1S/C16H23ClN2O/c1-10-4-5-13(8-11(10)2)19-14-6-7-16(15(17)9-14)18-12(3)20/h6-7,9-11,13,19H,4-5,8H2,1-3H3,(H,18,20). The molecule has 1 aromatic carbocycles. The fraction of sp³-hybridized carbons (Fsp3) is 0.562. The summed E-state index contributed by atoms with van der Waals surface area (Å²) in [7, 11) is 0. The summed E-state index contributed by atoms with van der Waals surface area (Å²) in [4.78, 5) is 11.0. The molecular weight excluding hydrogens is 272 g/mol. The van der Waals surface area contributed by atoms with Crippen LogP contribution in [0.25, 0.3) is 0 Å². The van der Waals surface area contributed by atoms with Gasteiger partial charge in [0.05, 0.1) is 10.7 Å². The maximum atomic E-state index is 11.0. The number of hydrogen-bond acceptors (Lipinski definition) is 2. The van der Waals surface area contributed by atoms with Crippen LogP contribution in [0, 0.1) is 11.8 Å². The van der Waals surface area contributed by atoms with Crippen LogP contribution in [-0.4, -0.2) is 11.9 Å². The molecule has 2 rings (SSSR count). The molecule has 3 atom stereocenters. The van der Waals surface area contributed by atoms with Gasteiger partial charge in [0.2, 0.25) is 5.91 Å². The third kappa shape index (κ3) is 3.89. The summed E-state index contributed by atoms with van der Waals surface area (Å²) in [6.45, 7) is 6.14. The van der Waals surface area contributed by atoms with Crippen LogP contribution in [0.4, 0.5) is 11.4 Å². The lowest BCUT2D eigenvalue weighted by molar-refractivity contribution is -0.114. The molecule has 1 amide bonds. The van der Waals surface area contributed by atoms with Crippen LogP contribution >= 0.6 is 11.6 Å². The van der Waals surface area contributed by atoms with Gasteiger partial charge < -0.3 is 10.6 Å². The number of anilines is 2. The minimum Gasteiger partial charge on any atom is -0.382 e. The summed E-state index contributed by atoms with van der Waals surface area (Å²) < 4.78 is 0. The molecule has 110 valence electrons. The first-order valence-electron chi connectivity index (χ1n) is 7.29. The van der Waals surface area contributed by atoms with E-state index in [1.165, 1.54) is 26.2 Å². The van der Waals surface area contributed by atoms with Crippen LogP contribution in [0.5, 0.6) is 0 Å². The van der Waals surface area contributed by atoms with E-state index in [4.69, 9.17) is 11.6 Å². The molecule has 1 aliphatic carbocycles. The highest BCUT2D eigenvalue weighted by molar-refractivity contribution is 6.34. The molecular formula is C16H23ClN2O. The zero-order valence-corrected chi connectivity index (χ0v) is 13.1. The molecule has 20 heavy (non-hydrogen) atoms. The van der Waals surface area contributed by atoms with Gasteiger partial charge in [-0.2, -0.15) is 0 Å². The number of carbonyl (C=O) groups is 1. The predicted molar refractivity (Wildman–Crippen MR) is 85.3 cm³/mol. The first-order valence-corrected chi connectivity index (χ1v) is 7.67. The Morgan fingerprint density at radius 2 is 2.00 bits per heavy atom. The van der Waals surface area contributed by atoms with Gasteiger partial charge >= 0.3 is 0 Å². The molecule has 1 saturated carbocycles. The predicted octanol–water partition coefficient (Wildman–Crippen LogP) is 4.54. The van der Waals surface area contributed by atoms with Gasteiger partial charge in [-0.3, -0.25) is 4.79 Å². The van der Waals surface area contributed by atoms with Gasteiger partial charge in [-0.1, -0.05) is 25.4 Å². The molecule has 0 aliphatic heterocycles. The quantitative estimate of drug-likeness (QED) is 0.859. The van der Waals surface area contributed by atoms with Gasteiger partial charge in [0.1, 0.15) is 0 Å². The molecule has 0 aromatic heterocycles. The zero-order chi connectivity index (χ0) is 14.7. The Hall–Kier alpha value is -1.22. The smallest absolute Gasteiger partial charge is 0.221 e. The second kappa shape index (κ2) is 6.49. The van der Waals surface area contributed by atoms with Crippen molar-refractivity contribution in [3.05, 3.63) is 23.2 Å². The van der Waals surface area contributed by atoms with Crippen LogP contribution in [0.2, 0.25) is 5.02 Å². The number of rotatable bonds is 3. The lowest BCUT2D eigenvalue weighted by Gasteiger charge is -2.33. The average molecular weight is 295 g/mol. The van der Waals surface area contributed by atoms with E-state index in [0.717, 1.165) is 17.5 Å². The van der Waals surface area contributed by atoms with Crippen LogP contribution < -0.4 is 10.6 Å². The summed E-state index contributed by atoms with van der Waals surface area (Å²) in [5.41, 5.74) is 1.69. The van der Waals surface area contributed by atoms with E-state index in [1.807, 2.05) is 18.2 Å². The van der Waals surface area contributed by atoms with E-state index in [0.29, 0.717) is 16.8 Å². The van der Waals surface area contributed by atoms with Gasteiger partial charge in [-0.15, -0.1) is 0 Å². The fourth-order valence-corrected chi connectivity index (χ4v) is 3.04. The van der Waals surface area contributed by atoms with Gasteiger partial charge in [-0.05, 0) is 49.3 Å². The minimum absolute atomic E-state index is 0.109. The number of hydrogen-bond donors (Lipinski definition) is 2. The van der Waals surface area contributed by atoms with E-state index in [-0.39, 0.29) is 5.91 Å². The normalized spacial score (nSPS) is 26.1. The molecule has 3 nitrogen and oxygen atoms in total. The average Bonchev–Trinajstić information content (AvgIpc) is 2.37. The van der Waals surface area contributed by atoms with Crippen molar-refractivity contribution in [3.63, 3.8) is 0 Å². The maximum Gasteiger partial charge on any atom is 0.221 e. The first kappa shape index (κ1) is 15.2. The van der Waals surface area contributed by atoms with E-state index in [2.05, 4.69) is 24.5 Å². The highest BCUT2D eigenvalue weighted by atomic mass is 35.5. The summed E-state index contributed by atoms with van der Waals surface area (Å²) in [6, 6.07) is 6.22. The van der Waals surface area contributed by atoms with Crippen molar-refractivity contribution in [3.8, 4) is 0 Å².